The fourth-order valence-electron chi connectivity index (χ4n) is 3.97. The molecule has 0 atom stereocenters. The molecule has 188 valence electrons. The molecule has 1 aliphatic rings. The number of piperidine rings is 1. The predicted octanol–water partition coefficient (Wildman–Crippen LogP) is 3.53. The van der Waals surface area contributed by atoms with Crippen LogP contribution in [-0.2, 0) is 6.61 Å². The van der Waals surface area contributed by atoms with E-state index < -0.39 is 18.2 Å². The maximum Gasteiger partial charge on any atom is 0.228 e. The van der Waals surface area contributed by atoms with Crippen LogP contribution in [0.3, 0.4) is 0 Å². The van der Waals surface area contributed by atoms with Gasteiger partial charge in [-0.05, 0) is 19.4 Å². The Labute approximate surface area is 202 Å². The van der Waals surface area contributed by atoms with E-state index in [1.807, 2.05) is 10.9 Å². The van der Waals surface area contributed by atoms with Crippen molar-refractivity contribution in [3.8, 4) is 17.2 Å². The van der Waals surface area contributed by atoms with Gasteiger partial charge in [0.25, 0.3) is 0 Å². The van der Waals surface area contributed by atoms with E-state index in [1.54, 1.807) is 0 Å². The van der Waals surface area contributed by atoms with Gasteiger partial charge in [-0.25, -0.2) is 18.7 Å². The molecule has 1 fully saturated rings. The molecule has 0 amide bonds. The number of hydrogen-bond donors (Lipinski definition) is 2. The highest BCUT2D eigenvalue weighted by Gasteiger charge is 2.22. The lowest BCUT2D eigenvalue weighted by Gasteiger charge is -2.30. The highest BCUT2D eigenvalue weighted by molar-refractivity contribution is 5.64. The van der Waals surface area contributed by atoms with Crippen LogP contribution < -0.4 is 25.3 Å². The van der Waals surface area contributed by atoms with Crippen LogP contribution in [0, 0.1) is 11.6 Å². The lowest BCUT2D eigenvalue weighted by molar-refractivity contribution is 0.188. The van der Waals surface area contributed by atoms with Gasteiger partial charge >= 0.3 is 0 Å². The Morgan fingerprint density at radius 1 is 1.09 bits per heavy atom. The Morgan fingerprint density at radius 3 is 2.29 bits per heavy atom. The van der Waals surface area contributed by atoms with Crippen molar-refractivity contribution >= 4 is 17.5 Å². The molecule has 1 saturated heterocycles. The summed E-state index contributed by atoms with van der Waals surface area (Å²) in [6.07, 6.45) is 6.61. The minimum absolute atomic E-state index is 0.148. The monoisotopic (exact) mass is 489 g/mol. The molecular formula is C23H29F2N7O3. The van der Waals surface area contributed by atoms with Gasteiger partial charge < -0.3 is 30.2 Å². The first-order valence-corrected chi connectivity index (χ1v) is 11.3. The second kappa shape index (κ2) is 10.7. The van der Waals surface area contributed by atoms with E-state index in [4.69, 9.17) is 19.9 Å². The number of nitrogens with two attached hydrogens (primary N) is 1. The normalized spacial score (nSPS) is 14.7. The Balaban J connectivity index is 1.40. The van der Waals surface area contributed by atoms with E-state index in [0.29, 0.717) is 17.5 Å². The van der Waals surface area contributed by atoms with E-state index in [1.165, 1.54) is 26.6 Å². The number of benzene rings is 1. The molecule has 1 aromatic carbocycles. The van der Waals surface area contributed by atoms with Crippen molar-refractivity contribution in [1.29, 1.82) is 0 Å². The summed E-state index contributed by atoms with van der Waals surface area (Å²) in [6.45, 7) is 4.87. The Kier molecular flexibility index (Phi) is 7.49. The van der Waals surface area contributed by atoms with Crippen LogP contribution in [0.2, 0.25) is 0 Å². The minimum atomic E-state index is -0.864. The molecule has 3 aromatic rings. The molecule has 0 unspecified atom stereocenters. The van der Waals surface area contributed by atoms with Crippen LogP contribution >= 0.6 is 0 Å². The molecule has 0 aliphatic carbocycles. The topological polar surface area (TPSA) is 113 Å². The van der Waals surface area contributed by atoms with E-state index in [-0.39, 0.29) is 28.8 Å². The second-order valence-electron chi connectivity index (χ2n) is 8.12. The first-order chi connectivity index (χ1) is 16.9. The number of rotatable bonds is 9. The van der Waals surface area contributed by atoms with Gasteiger partial charge in [0.1, 0.15) is 6.61 Å². The quantitative estimate of drug-likeness (QED) is 0.466. The molecule has 4 rings (SSSR count). The number of halogens is 2. The molecule has 2 aromatic heterocycles. The fraction of sp³-hybridized carbons (Fsp3) is 0.435. The Hall–Kier alpha value is -3.67. The number of likely N-dealkylation sites (tertiary alicyclic amines) is 1. The van der Waals surface area contributed by atoms with Crippen LogP contribution in [0.25, 0.3) is 0 Å². The number of nitrogens with zero attached hydrogens (tertiary/aromatic N) is 5. The average molecular weight is 490 g/mol. The van der Waals surface area contributed by atoms with Crippen molar-refractivity contribution in [3.05, 3.63) is 41.9 Å². The maximum absolute atomic E-state index is 14.5. The Bertz CT molecular complexity index is 1120. The van der Waals surface area contributed by atoms with Crippen molar-refractivity contribution in [2.24, 2.45) is 0 Å². The van der Waals surface area contributed by atoms with Gasteiger partial charge in [-0.2, -0.15) is 5.10 Å². The molecule has 1 aliphatic heterocycles. The van der Waals surface area contributed by atoms with Crippen LogP contribution in [-0.4, -0.2) is 58.5 Å². The van der Waals surface area contributed by atoms with Crippen molar-refractivity contribution in [2.45, 2.75) is 32.4 Å². The molecule has 3 N–H and O–H groups in total. The zero-order valence-corrected chi connectivity index (χ0v) is 19.9. The number of nitrogen functional groups attached to an aromatic ring is 1. The van der Waals surface area contributed by atoms with Gasteiger partial charge in [-0.15, -0.1) is 0 Å². The summed E-state index contributed by atoms with van der Waals surface area (Å²) in [6, 6.07) is 1.43. The summed E-state index contributed by atoms with van der Waals surface area (Å²) in [5.74, 6) is -1.08. The first kappa shape index (κ1) is 24.5. The van der Waals surface area contributed by atoms with Gasteiger partial charge in [0.15, 0.2) is 34.7 Å². The molecule has 35 heavy (non-hydrogen) atoms. The van der Waals surface area contributed by atoms with E-state index in [0.717, 1.165) is 38.5 Å². The fourth-order valence-corrected chi connectivity index (χ4v) is 3.97. The first-order valence-electron chi connectivity index (χ1n) is 11.3. The van der Waals surface area contributed by atoms with E-state index in [9.17, 15) is 8.78 Å². The highest BCUT2D eigenvalue weighted by atomic mass is 19.1. The van der Waals surface area contributed by atoms with Gasteiger partial charge in [0.2, 0.25) is 5.95 Å². The van der Waals surface area contributed by atoms with Gasteiger partial charge in [-0.3, -0.25) is 4.68 Å². The van der Waals surface area contributed by atoms with Crippen molar-refractivity contribution in [2.75, 3.05) is 44.9 Å². The zero-order valence-electron chi connectivity index (χ0n) is 19.9. The molecule has 10 nitrogen and oxygen atoms in total. The van der Waals surface area contributed by atoms with Crippen LogP contribution in [0.1, 0.15) is 31.4 Å². The van der Waals surface area contributed by atoms with E-state index in [2.05, 4.69) is 32.2 Å². The molecule has 3 heterocycles. The van der Waals surface area contributed by atoms with Gasteiger partial charge in [0, 0.05) is 19.2 Å². The summed E-state index contributed by atoms with van der Waals surface area (Å²) in [4.78, 5) is 10.8. The molecule has 0 bridgehead atoms. The number of aromatic nitrogens is 4. The summed E-state index contributed by atoms with van der Waals surface area (Å²) in [5, 5.41) is 7.58. The minimum Gasteiger partial charge on any atom is -0.494 e. The van der Waals surface area contributed by atoms with Crippen molar-refractivity contribution in [1.82, 2.24) is 24.6 Å². The predicted molar refractivity (Wildman–Crippen MR) is 126 cm³/mol. The van der Waals surface area contributed by atoms with Crippen molar-refractivity contribution in [3.63, 3.8) is 0 Å². The lowest BCUT2D eigenvalue weighted by Crippen LogP contribution is -2.34. The highest BCUT2D eigenvalue weighted by Crippen LogP contribution is 2.32. The summed E-state index contributed by atoms with van der Waals surface area (Å²) >= 11 is 0. The molecule has 12 heteroatoms. The van der Waals surface area contributed by atoms with E-state index >= 15 is 0 Å². The summed E-state index contributed by atoms with van der Waals surface area (Å²) in [7, 11) is 2.57. The SMILES string of the molecule is CCN1CCC(n2cc(N)c(Nc3ncc(OCc4c(F)c(OC)cc(OC)c4F)cn3)n2)CC1. The van der Waals surface area contributed by atoms with Gasteiger partial charge in [-0.1, -0.05) is 6.92 Å². The van der Waals surface area contributed by atoms with Crippen LogP contribution in [0.15, 0.2) is 24.7 Å². The third-order valence-electron chi connectivity index (χ3n) is 6.04. The number of hydrogen-bond acceptors (Lipinski definition) is 9. The Morgan fingerprint density at radius 2 is 1.71 bits per heavy atom. The summed E-state index contributed by atoms with van der Waals surface area (Å²) in [5.41, 5.74) is 6.30. The number of methoxy groups -OCH3 is 2. The largest absolute Gasteiger partial charge is 0.494 e. The zero-order chi connectivity index (χ0) is 24.9. The third-order valence-corrected chi connectivity index (χ3v) is 6.04. The molecule has 0 radical (unpaired) electrons. The third kappa shape index (κ3) is 5.37. The summed E-state index contributed by atoms with van der Waals surface area (Å²) < 4.78 is 46.3. The number of anilines is 3. The molecule has 0 saturated carbocycles. The lowest BCUT2D eigenvalue weighted by atomic mass is 10.1. The maximum atomic E-state index is 14.5. The average Bonchev–Trinajstić information content (AvgIpc) is 3.25. The smallest absolute Gasteiger partial charge is 0.228 e. The second-order valence-corrected chi connectivity index (χ2v) is 8.12. The van der Waals surface area contributed by atoms with Crippen molar-refractivity contribution < 1.29 is 23.0 Å². The molecule has 0 spiro atoms. The number of nitrogens with one attached hydrogen (secondary N) is 1. The van der Waals surface area contributed by atoms with Crippen LogP contribution in [0.5, 0.6) is 17.2 Å². The molecular weight excluding hydrogens is 460 g/mol. The number of ether oxygens (including phenoxy) is 3. The standard InChI is InChI=1S/C23H29F2N7O3/c1-4-31-7-5-14(6-8-31)32-12-17(26)22(30-32)29-23-27-10-15(11-28-23)35-13-16-20(24)18(33-2)9-19(34-3)21(16)25/h9-12,14H,4-8,13,26H2,1-3H3,(H,27,28,29,30). The van der Waals surface area contributed by atoms with Crippen LogP contribution in [0.4, 0.5) is 26.2 Å². The van der Waals surface area contributed by atoms with Gasteiger partial charge in [0.05, 0.1) is 50.1 Å².